The molecular weight excluding hydrogens is 196 g/mol. The summed E-state index contributed by atoms with van der Waals surface area (Å²) in [4.78, 5) is 2.69. The van der Waals surface area contributed by atoms with E-state index in [2.05, 4.69) is 44.8 Å². The molecule has 0 bridgehead atoms. The fourth-order valence-corrected chi connectivity index (χ4v) is 2.61. The Balaban J connectivity index is 2.68. The highest BCUT2D eigenvalue weighted by molar-refractivity contribution is 5.00. The Hall–Kier alpha value is -0.0800. The third-order valence-corrected chi connectivity index (χ3v) is 4.38. The van der Waals surface area contributed by atoms with Crippen LogP contribution in [0, 0.1) is 0 Å². The Labute approximate surface area is 102 Å². The van der Waals surface area contributed by atoms with Gasteiger partial charge in [-0.3, -0.25) is 4.90 Å². The molecule has 1 heterocycles. The topological polar surface area (TPSA) is 15.3 Å². The van der Waals surface area contributed by atoms with E-state index in [1.54, 1.807) is 0 Å². The summed E-state index contributed by atoms with van der Waals surface area (Å²) in [5, 5.41) is 3.79. The molecule has 0 atom stereocenters. The Kier molecular flexibility index (Phi) is 4.81. The van der Waals surface area contributed by atoms with Crippen LogP contribution in [0.25, 0.3) is 0 Å². The van der Waals surface area contributed by atoms with Crippen LogP contribution < -0.4 is 5.32 Å². The first kappa shape index (κ1) is 14.0. The van der Waals surface area contributed by atoms with Crippen molar-refractivity contribution in [3.05, 3.63) is 0 Å². The van der Waals surface area contributed by atoms with Crippen molar-refractivity contribution in [2.75, 3.05) is 19.6 Å². The molecule has 1 aliphatic rings. The lowest BCUT2D eigenvalue weighted by molar-refractivity contribution is 0.0217. The van der Waals surface area contributed by atoms with Crippen LogP contribution in [0.1, 0.15) is 60.3 Å². The second-order valence-corrected chi connectivity index (χ2v) is 5.93. The van der Waals surface area contributed by atoms with Gasteiger partial charge in [0.2, 0.25) is 0 Å². The zero-order chi connectivity index (χ0) is 12.2. The maximum absolute atomic E-state index is 3.79. The molecule has 1 saturated heterocycles. The van der Waals surface area contributed by atoms with Crippen molar-refractivity contribution in [3.8, 4) is 0 Å². The van der Waals surface area contributed by atoms with Gasteiger partial charge in [0.25, 0.3) is 0 Å². The van der Waals surface area contributed by atoms with Crippen LogP contribution in [0.4, 0.5) is 0 Å². The van der Waals surface area contributed by atoms with E-state index < -0.39 is 0 Å². The second-order valence-electron chi connectivity index (χ2n) is 5.93. The van der Waals surface area contributed by atoms with E-state index >= 15 is 0 Å². The standard InChI is InChI=1S/C14H30N2/c1-6-9-10-16-12-14(7-2,8-3)15-11-13(16,4)5/h15H,6-12H2,1-5H3. The molecule has 1 fully saturated rings. The first-order valence-electron chi connectivity index (χ1n) is 7.00. The number of hydrogen-bond donors (Lipinski definition) is 1. The Bertz CT molecular complexity index is 207. The van der Waals surface area contributed by atoms with Crippen LogP contribution >= 0.6 is 0 Å². The van der Waals surface area contributed by atoms with E-state index in [9.17, 15) is 0 Å². The van der Waals surface area contributed by atoms with Gasteiger partial charge in [-0.05, 0) is 39.7 Å². The number of hydrogen-bond acceptors (Lipinski definition) is 2. The van der Waals surface area contributed by atoms with Crippen LogP contribution in [-0.2, 0) is 0 Å². The molecule has 0 amide bonds. The highest BCUT2D eigenvalue weighted by atomic mass is 15.3. The summed E-state index contributed by atoms with van der Waals surface area (Å²) in [6.45, 7) is 15.2. The number of unbranched alkanes of at least 4 members (excludes halogenated alkanes) is 1. The van der Waals surface area contributed by atoms with E-state index in [0.29, 0.717) is 11.1 Å². The molecule has 0 spiro atoms. The summed E-state index contributed by atoms with van der Waals surface area (Å²) in [5.74, 6) is 0. The summed E-state index contributed by atoms with van der Waals surface area (Å²) in [6.07, 6.45) is 5.10. The molecule has 2 heteroatoms. The Morgan fingerprint density at radius 2 is 1.75 bits per heavy atom. The van der Waals surface area contributed by atoms with Gasteiger partial charge < -0.3 is 5.32 Å². The predicted molar refractivity (Wildman–Crippen MR) is 71.9 cm³/mol. The fourth-order valence-electron chi connectivity index (χ4n) is 2.61. The Morgan fingerprint density at radius 1 is 1.12 bits per heavy atom. The summed E-state index contributed by atoms with van der Waals surface area (Å²) in [5.41, 5.74) is 0.687. The monoisotopic (exact) mass is 226 g/mol. The van der Waals surface area contributed by atoms with Gasteiger partial charge in [0.15, 0.2) is 0 Å². The van der Waals surface area contributed by atoms with Crippen molar-refractivity contribution >= 4 is 0 Å². The molecule has 2 nitrogen and oxygen atoms in total. The molecule has 0 aromatic heterocycles. The van der Waals surface area contributed by atoms with Gasteiger partial charge in [0, 0.05) is 24.2 Å². The van der Waals surface area contributed by atoms with E-state index in [0.717, 1.165) is 6.54 Å². The zero-order valence-electron chi connectivity index (χ0n) is 11.9. The summed E-state index contributed by atoms with van der Waals surface area (Å²) in [6, 6.07) is 0. The van der Waals surface area contributed by atoms with Crippen molar-refractivity contribution in [1.29, 1.82) is 0 Å². The van der Waals surface area contributed by atoms with Gasteiger partial charge in [-0.2, -0.15) is 0 Å². The molecule has 1 N–H and O–H groups in total. The van der Waals surface area contributed by atoms with Gasteiger partial charge >= 0.3 is 0 Å². The quantitative estimate of drug-likeness (QED) is 0.775. The van der Waals surface area contributed by atoms with E-state index in [1.165, 1.54) is 38.8 Å². The first-order chi connectivity index (χ1) is 7.49. The lowest BCUT2D eigenvalue weighted by atomic mass is 9.85. The summed E-state index contributed by atoms with van der Waals surface area (Å²) >= 11 is 0. The minimum atomic E-state index is 0.322. The molecule has 96 valence electrons. The van der Waals surface area contributed by atoms with E-state index in [-0.39, 0.29) is 0 Å². The van der Waals surface area contributed by atoms with Gasteiger partial charge in [-0.25, -0.2) is 0 Å². The fraction of sp³-hybridized carbons (Fsp3) is 1.00. The molecule has 0 unspecified atom stereocenters. The highest BCUT2D eigenvalue weighted by Crippen LogP contribution is 2.28. The van der Waals surface area contributed by atoms with Crippen LogP contribution in [0.2, 0.25) is 0 Å². The third-order valence-electron chi connectivity index (χ3n) is 4.38. The van der Waals surface area contributed by atoms with Crippen LogP contribution in [-0.4, -0.2) is 35.6 Å². The van der Waals surface area contributed by atoms with Crippen molar-refractivity contribution in [2.24, 2.45) is 0 Å². The lowest BCUT2D eigenvalue weighted by Crippen LogP contribution is -2.67. The normalized spacial score (nSPS) is 24.6. The van der Waals surface area contributed by atoms with Crippen molar-refractivity contribution < 1.29 is 0 Å². The summed E-state index contributed by atoms with van der Waals surface area (Å²) < 4.78 is 0. The second kappa shape index (κ2) is 5.50. The van der Waals surface area contributed by atoms with Gasteiger partial charge in [0.05, 0.1) is 0 Å². The van der Waals surface area contributed by atoms with E-state index in [4.69, 9.17) is 0 Å². The maximum atomic E-state index is 3.79. The van der Waals surface area contributed by atoms with Gasteiger partial charge in [0.1, 0.15) is 0 Å². The molecule has 0 aromatic rings. The molecule has 16 heavy (non-hydrogen) atoms. The minimum absolute atomic E-state index is 0.322. The number of piperazine rings is 1. The Morgan fingerprint density at radius 3 is 2.25 bits per heavy atom. The molecule has 0 aromatic carbocycles. The van der Waals surface area contributed by atoms with Crippen LogP contribution in [0.15, 0.2) is 0 Å². The van der Waals surface area contributed by atoms with Crippen molar-refractivity contribution in [2.45, 2.75) is 71.4 Å². The average molecular weight is 226 g/mol. The zero-order valence-corrected chi connectivity index (χ0v) is 11.9. The van der Waals surface area contributed by atoms with Crippen molar-refractivity contribution in [1.82, 2.24) is 10.2 Å². The molecule has 1 aliphatic heterocycles. The smallest absolute Gasteiger partial charge is 0.0304 e. The van der Waals surface area contributed by atoms with Gasteiger partial charge in [-0.1, -0.05) is 27.2 Å². The molecule has 0 saturated carbocycles. The largest absolute Gasteiger partial charge is 0.308 e. The SMILES string of the molecule is CCCCN1CC(CC)(CC)NCC1(C)C. The summed E-state index contributed by atoms with van der Waals surface area (Å²) in [7, 11) is 0. The molecule has 0 aliphatic carbocycles. The highest BCUT2D eigenvalue weighted by Gasteiger charge is 2.40. The third kappa shape index (κ3) is 2.98. The van der Waals surface area contributed by atoms with Gasteiger partial charge in [-0.15, -0.1) is 0 Å². The van der Waals surface area contributed by atoms with Crippen LogP contribution in [0.5, 0.6) is 0 Å². The van der Waals surface area contributed by atoms with E-state index in [1.807, 2.05) is 0 Å². The molecular formula is C14H30N2. The minimum Gasteiger partial charge on any atom is -0.308 e. The number of nitrogens with one attached hydrogen (secondary N) is 1. The van der Waals surface area contributed by atoms with Crippen molar-refractivity contribution in [3.63, 3.8) is 0 Å². The predicted octanol–water partition coefficient (Wildman–Crippen LogP) is 3.03. The molecule has 1 rings (SSSR count). The number of rotatable bonds is 5. The molecule has 0 radical (unpaired) electrons. The lowest BCUT2D eigenvalue weighted by Gasteiger charge is -2.52. The average Bonchev–Trinajstić information content (AvgIpc) is 2.28. The first-order valence-corrected chi connectivity index (χ1v) is 7.00. The van der Waals surface area contributed by atoms with Crippen LogP contribution in [0.3, 0.4) is 0 Å². The number of nitrogens with zero attached hydrogens (tertiary/aromatic N) is 1. The maximum Gasteiger partial charge on any atom is 0.0304 e.